The van der Waals surface area contributed by atoms with Crippen molar-refractivity contribution in [3.63, 3.8) is 0 Å². The third kappa shape index (κ3) is 35.6. The van der Waals surface area contributed by atoms with Crippen LogP contribution in [0.25, 0.3) is 0 Å². The summed E-state index contributed by atoms with van der Waals surface area (Å²) in [6.45, 7) is 9.03. The van der Waals surface area contributed by atoms with Gasteiger partial charge in [0.2, 0.25) is 5.91 Å². The highest BCUT2D eigenvalue weighted by Crippen LogP contribution is 2.16. The van der Waals surface area contributed by atoms with Gasteiger partial charge in [0.1, 0.15) is 10.1 Å². The second-order valence-corrected chi connectivity index (χ2v) is 17.1. The van der Waals surface area contributed by atoms with Crippen molar-refractivity contribution in [1.29, 1.82) is 0 Å². The second kappa shape index (κ2) is 37.8. The lowest BCUT2D eigenvalue weighted by molar-refractivity contribution is -0.459. The van der Waals surface area contributed by atoms with Crippen LogP contribution in [0.3, 0.4) is 0 Å². The molecular weight excluding hydrogens is 693 g/mol. The quantitative estimate of drug-likeness (QED) is 0.0268. The molecule has 0 spiro atoms. The fourth-order valence-electron chi connectivity index (χ4n) is 6.85. The summed E-state index contributed by atoms with van der Waals surface area (Å²) in [5.41, 5.74) is 11.9. The molecule has 1 amide bonds. The van der Waals surface area contributed by atoms with Crippen LogP contribution < -0.4 is 16.5 Å². The smallest absolute Gasteiger partial charge is 0.338 e. The minimum atomic E-state index is -4.27. The lowest BCUT2D eigenvalue weighted by Gasteiger charge is -2.23. The summed E-state index contributed by atoms with van der Waals surface area (Å²) in [5.74, 6) is 0.609. The van der Waals surface area contributed by atoms with Crippen LogP contribution in [-0.4, -0.2) is 49.4 Å². The highest BCUT2D eigenvalue weighted by Gasteiger charge is 2.13. The summed E-state index contributed by atoms with van der Waals surface area (Å²) in [5, 5.41) is 0. The number of nitrogens with zero attached hydrogens (tertiary/aromatic N) is 1. The predicted octanol–water partition coefficient (Wildman–Crippen LogP) is 10.2. The highest BCUT2D eigenvalue weighted by atomic mass is 32.2. The first-order valence-corrected chi connectivity index (χ1v) is 23.9. The van der Waals surface area contributed by atoms with E-state index in [0.717, 1.165) is 50.9 Å². The van der Waals surface area contributed by atoms with Crippen LogP contribution in [0.2, 0.25) is 0 Å². The zero-order valence-electron chi connectivity index (χ0n) is 35.5. The molecule has 0 bridgehead atoms. The molecule has 316 valence electrons. The van der Waals surface area contributed by atoms with Gasteiger partial charge in [-0.25, -0.2) is 8.42 Å². The molecule has 54 heavy (non-hydrogen) atoms. The first-order chi connectivity index (χ1) is 26.1. The van der Waals surface area contributed by atoms with Crippen LogP contribution in [0.4, 0.5) is 0 Å². The molecule has 0 aliphatic heterocycles. The maximum absolute atomic E-state index is 13.0. The van der Waals surface area contributed by atoms with E-state index in [4.69, 9.17) is 11.5 Å². The zero-order valence-corrected chi connectivity index (χ0v) is 36.3. The number of rotatable bonds is 36. The van der Waals surface area contributed by atoms with E-state index in [1.165, 1.54) is 179 Å². The molecule has 0 aliphatic rings. The van der Waals surface area contributed by atoms with Gasteiger partial charge < -0.3 is 9.45 Å². The Balaban J connectivity index is 0.00000216. The maximum atomic E-state index is 13.0. The molecule has 0 saturated heterocycles. The van der Waals surface area contributed by atoms with E-state index in [9.17, 15) is 17.8 Å². The number of aryl methyl sites for hydroxylation is 1. The number of carbonyl (C=O) groups excluding carboxylic acids is 1. The van der Waals surface area contributed by atoms with Crippen molar-refractivity contribution >= 4 is 22.0 Å². The van der Waals surface area contributed by atoms with Gasteiger partial charge >= 0.3 is 5.96 Å². The number of nitrogens with two attached hydrogens (primary N) is 2. The lowest BCUT2D eigenvalue weighted by Crippen LogP contribution is -2.78. The van der Waals surface area contributed by atoms with Crippen LogP contribution in [0.1, 0.15) is 218 Å². The number of unbranched alkanes of at least 4 members (excludes halogenated alkanes) is 27. The van der Waals surface area contributed by atoms with Gasteiger partial charge in [-0.2, -0.15) is 0 Å². The SMILES string of the molecule is CCCCCCCCCCCCCCCCN(CCCCCCCCCCCCCCCC)C(=O)CCCC[NH+]=C(N)N.Cc1ccc(S(=O)(=O)[O-])cc1. The molecule has 0 radical (unpaired) electrons. The Morgan fingerprint density at radius 3 is 1.20 bits per heavy atom. The van der Waals surface area contributed by atoms with E-state index >= 15 is 0 Å². The first-order valence-electron chi connectivity index (χ1n) is 22.5. The zero-order chi connectivity index (χ0) is 40.0. The summed E-state index contributed by atoms with van der Waals surface area (Å²) in [6, 6.07) is 5.78. The fraction of sp³-hybridized carbons (Fsp3) is 0.822. The van der Waals surface area contributed by atoms with Crippen molar-refractivity contribution in [2.75, 3.05) is 19.6 Å². The van der Waals surface area contributed by atoms with Crippen LogP contribution in [0, 0.1) is 6.92 Å². The highest BCUT2D eigenvalue weighted by molar-refractivity contribution is 7.85. The Kier molecular flexibility index (Phi) is 36.3. The van der Waals surface area contributed by atoms with Crippen LogP contribution in [0.5, 0.6) is 0 Å². The van der Waals surface area contributed by atoms with E-state index in [1.54, 1.807) is 12.1 Å². The summed E-state index contributed by atoms with van der Waals surface area (Å²) >= 11 is 0. The Morgan fingerprint density at radius 2 is 0.889 bits per heavy atom. The van der Waals surface area contributed by atoms with Gasteiger partial charge in [-0.05, 0) is 44.7 Å². The van der Waals surface area contributed by atoms with Crippen molar-refractivity contribution in [2.45, 2.75) is 225 Å². The number of carbonyl (C=O) groups is 1. The van der Waals surface area contributed by atoms with Gasteiger partial charge in [-0.3, -0.25) is 21.3 Å². The van der Waals surface area contributed by atoms with Crippen LogP contribution in [0.15, 0.2) is 29.2 Å². The van der Waals surface area contributed by atoms with Crippen molar-refractivity contribution < 1.29 is 22.8 Å². The van der Waals surface area contributed by atoms with E-state index < -0.39 is 10.1 Å². The number of hydrogen-bond acceptors (Lipinski definition) is 4. The standard InChI is InChI=1S/C38H78N4O.C7H8O3S/c1-3-5-7-9-11-13-15-17-19-21-23-25-27-31-35-42(37(43)33-29-30-34-41-38(39)40)36-32-28-26-24-22-20-18-16-14-12-10-8-6-4-2;1-6-2-4-7(5-3-6)11(8,9)10/h3-36H2,1-2H3,(H4,39,40,41);2-5H,1H3,(H,8,9,10). The summed E-state index contributed by atoms with van der Waals surface area (Å²) in [7, 11) is -4.27. The second-order valence-electron chi connectivity index (χ2n) is 15.7. The molecule has 0 aromatic heterocycles. The molecule has 0 saturated carbocycles. The lowest BCUT2D eigenvalue weighted by atomic mass is 10.0. The van der Waals surface area contributed by atoms with Crippen molar-refractivity contribution in [1.82, 2.24) is 4.90 Å². The van der Waals surface area contributed by atoms with Crippen molar-refractivity contribution in [2.24, 2.45) is 11.5 Å². The third-order valence-corrected chi connectivity index (χ3v) is 11.2. The fourth-order valence-corrected chi connectivity index (χ4v) is 7.32. The molecule has 0 heterocycles. The van der Waals surface area contributed by atoms with Gasteiger partial charge in [0, 0.05) is 19.5 Å². The molecule has 8 nitrogen and oxygen atoms in total. The monoisotopic (exact) mass is 779 g/mol. The first kappa shape index (κ1) is 51.9. The Hall–Kier alpha value is -2.13. The number of benzene rings is 1. The molecule has 0 aliphatic carbocycles. The average Bonchev–Trinajstić information content (AvgIpc) is 3.14. The van der Waals surface area contributed by atoms with Gasteiger partial charge in [0.15, 0.2) is 0 Å². The summed E-state index contributed by atoms with van der Waals surface area (Å²) < 4.78 is 31.2. The number of hydrogen-bond donors (Lipinski definition) is 3. The molecule has 1 aromatic carbocycles. The van der Waals surface area contributed by atoms with Crippen LogP contribution >= 0.6 is 0 Å². The Morgan fingerprint density at radius 1 is 0.556 bits per heavy atom. The minimum absolute atomic E-state index is 0.178. The van der Waals surface area contributed by atoms with Gasteiger partial charge in [-0.15, -0.1) is 0 Å². The van der Waals surface area contributed by atoms with Crippen molar-refractivity contribution in [3.8, 4) is 0 Å². The van der Waals surface area contributed by atoms with E-state index in [1.807, 2.05) is 6.92 Å². The van der Waals surface area contributed by atoms with Gasteiger partial charge in [0.05, 0.1) is 11.4 Å². The molecule has 1 rings (SSSR count). The van der Waals surface area contributed by atoms with E-state index in [0.29, 0.717) is 12.3 Å². The number of guanidine groups is 1. The maximum Gasteiger partial charge on any atom is 0.338 e. The topological polar surface area (TPSA) is 144 Å². The molecule has 0 unspecified atom stereocenters. The summed E-state index contributed by atoms with van der Waals surface area (Å²) in [4.78, 5) is 18.0. The normalized spacial score (nSPS) is 11.3. The molecule has 0 fully saturated rings. The average molecular weight is 779 g/mol. The minimum Gasteiger partial charge on any atom is -0.744 e. The summed E-state index contributed by atoms with van der Waals surface area (Å²) in [6.07, 6.45) is 40.9. The van der Waals surface area contributed by atoms with E-state index in [-0.39, 0.29) is 10.9 Å². The number of amides is 1. The molecule has 0 atom stereocenters. The Bertz CT molecular complexity index is 1080. The largest absolute Gasteiger partial charge is 0.744 e. The predicted molar refractivity (Wildman–Crippen MR) is 229 cm³/mol. The van der Waals surface area contributed by atoms with Crippen LogP contribution in [-0.2, 0) is 14.9 Å². The number of nitrogens with one attached hydrogen (secondary N) is 1. The van der Waals surface area contributed by atoms with Crippen molar-refractivity contribution in [3.05, 3.63) is 29.8 Å². The Labute approximate surface area is 334 Å². The molecule has 5 N–H and O–H groups in total. The third-order valence-electron chi connectivity index (χ3n) is 10.4. The van der Waals surface area contributed by atoms with Gasteiger partial charge in [-0.1, -0.05) is 198 Å². The molecule has 1 aromatic rings. The van der Waals surface area contributed by atoms with E-state index in [2.05, 4.69) is 23.7 Å². The molecule has 9 heteroatoms. The molecular formula is C45H86N4O4S. The van der Waals surface area contributed by atoms with Gasteiger partial charge in [0.25, 0.3) is 0 Å².